The van der Waals surface area contributed by atoms with Crippen molar-refractivity contribution >= 4 is 50.5 Å². The van der Waals surface area contributed by atoms with Gasteiger partial charge in [-0.2, -0.15) is 0 Å². The van der Waals surface area contributed by atoms with Crippen LogP contribution in [0.3, 0.4) is 0 Å². The molecule has 0 bridgehead atoms. The minimum atomic E-state index is -0.721. The lowest BCUT2D eigenvalue weighted by molar-refractivity contribution is -0.136. The van der Waals surface area contributed by atoms with E-state index in [9.17, 15) is 4.79 Å². The van der Waals surface area contributed by atoms with Gasteiger partial charge < -0.3 is 15.8 Å². The van der Waals surface area contributed by atoms with Gasteiger partial charge in [0.2, 0.25) is 0 Å². The average molecular weight is 336 g/mol. The Balaban J connectivity index is 2.39. The number of hydrogen-bond donors (Lipinski definition) is 3. The summed E-state index contributed by atoms with van der Waals surface area (Å²) >= 11 is 7.47. The molecule has 1 aromatic carbocycles. The molecule has 1 heterocycles. The SMILES string of the molecule is C=C(NC(C(=O)OC)=C(Cl)C(=N)N)c1csc2ccccc12. The third kappa shape index (κ3) is 3.13. The first-order valence-electron chi connectivity index (χ1n) is 6.20. The highest BCUT2D eigenvalue weighted by atomic mass is 35.5. The molecule has 0 aliphatic rings. The van der Waals surface area contributed by atoms with E-state index in [2.05, 4.69) is 16.6 Å². The third-order valence-corrected chi connectivity index (χ3v) is 4.28. The second-order valence-electron chi connectivity index (χ2n) is 4.34. The Morgan fingerprint density at radius 3 is 2.77 bits per heavy atom. The minimum absolute atomic E-state index is 0.114. The molecule has 1 aromatic heterocycles. The summed E-state index contributed by atoms with van der Waals surface area (Å²) in [7, 11) is 1.22. The van der Waals surface area contributed by atoms with Crippen molar-refractivity contribution < 1.29 is 9.53 Å². The van der Waals surface area contributed by atoms with Crippen LogP contribution in [0.1, 0.15) is 5.56 Å². The monoisotopic (exact) mass is 335 g/mol. The molecule has 0 unspecified atom stereocenters. The molecule has 0 atom stereocenters. The molecule has 22 heavy (non-hydrogen) atoms. The molecular weight excluding hydrogens is 322 g/mol. The van der Waals surface area contributed by atoms with Crippen LogP contribution in [0.5, 0.6) is 0 Å². The number of amidine groups is 1. The van der Waals surface area contributed by atoms with Crippen LogP contribution in [0.4, 0.5) is 0 Å². The number of methoxy groups -OCH3 is 1. The molecule has 0 saturated carbocycles. The highest BCUT2D eigenvalue weighted by Crippen LogP contribution is 2.29. The number of fused-ring (bicyclic) bond motifs is 1. The van der Waals surface area contributed by atoms with Crippen LogP contribution >= 0.6 is 22.9 Å². The van der Waals surface area contributed by atoms with E-state index in [4.69, 9.17) is 22.7 Å². The van der Waals surface area contributed by atoms with Gasteiger partial charge in [0, 0.05) is 26.7 Å². The number of nitrogens with one attached hydrogen (secondary N) is 2. The maximum atomic E-state index is 11.8. The first-order chi connectivity index (χ1) is 10.5. The van der Waals surface area contributed by atoms with Gasteiger partial charge in [-0.25, -0.2) is 4.79 Å². The molecule has 0 fully saturated rings. The maximum absolute atomic E-state index is 11.8. The lowest BCUT2D eigenvalue weighted by Gasteiger charge is -2.13. The van der Waals surface area contributed by atoms with E-state index in [1.54, 1.807) is 11.3 Å². The topological polar surface area (TPSA) is 88.2 Å². The lowest BCUT2D eigenvalue weighted by atomic mass is 10.1. The van der Waals surface area contributed by atoms with E-state index in [1.807, 2.05) is 29.6 Å². The Hall–Kier alpha value is -2.31. The smallest absolute Gasteiger partial charge is 0.356 e. The molecule has 0 saturated heterocycles. The van der Waals surface area contributed by atoms with Gasteiger partial charge >= 0.3 is 5.97 Å². The van der Waals surface area contributed by atoms with Crippen molar-refractivity contribution in [3.05, 3.63) is 52.5 Å². The number of ether oxygens (including phenoxy) is 1. The molecule has 4 N–H and O–H groups in total. The predicted molar refractivity (Wildman–Crippen MR) is 90.8 cm³/mol. The summed E-state index contributed by atoms with van der Waals surface area (Å²) in [6.45, 7) is 3.93. The van der Waals surface area contributed by atoms with Gasteiger partial charge in [-0.3, -0.25) is 5.41 Å². The molecule has 0 amide bonds. The number of carbonyl (C=O) groups is 1. The van der Waals surface area contributed by atoms with E-state index in [-0.39, 0.29) is 10.7 Å². The van der Waals surface area contributed by atoms with Crippen LogP contribution < -0.4 is 11.1 Å². The fourth-order valence-electron chi connectivity index (χ4n) is 1.86. The van der Waals surface area contributed by atoms with Crippen molar-refractivity contribution in [1.82, 2.24) is 5.32 Å². The zero-order chi connectivity index (χ0) is 16.3. The molecular formula is C15H14ClN3O2S. The van der Waals surface area contributed by atoms with Gasteiger partial charge in [0.15, 0.2) is 0 Å². The molecule has 0 spiro atoms. The van der Waals surface area contributed by atoms with E-state index in [1.165, 1.54) is 7.11 Å². The quantitative estimate of drug-likeness (QED) is 0.339. The summed E-state index contributed by atoms with van der Waals surface area (Å²) in [5.74, 6) is -1.15. The Kier molecular flexibility index (Phi) is 4.85. The standard InChI is InChI=1S/C15H14ClN3O2S/c1-8(10-7-22-11-6-4-3-5-9(10)11)19-13(15(20)21-2)12(16)14(17)18/h3-7,19H,1H2,2H3,(H3,17,18). The van der Waals surface area contributed by atoms with Crippen molar-refractivity contribution in [1.29, 1.82) is 5.41 Å². The Labute approximate surface area is 136 Å². The van der Waals surface area contributed by atoms with Crippen LogP contribution in [0, 0.1) is 5.41 Å². The third-order valence-electron chi connectivity index (χ3n) is 2.93. The Morgan fingerprint density at radius 1 is 1.45 bits per heavy atom. The van der Waals surface area contributed by atoms with Crippen LogP contribution in [0.2, 0.25) is 0 Å². The van der Waals surface area contributed by atoms with Crippen molar-refractivity contribution in [3.8, 4) is 0 Å². The average Bonchev–Trinajstić information content (AvgIpc) is 2.95. The second-order valence-corrected chi connectivity index (χ2v) is 5.63. The van der Waals surface area contributed by atoms with E-state index < -0.39 is 11.8 Å². The molecule has 0 aliphatic heterocycles. The molecule has 2 aromatic rings. The largest absolute Gasteiger partial charge is 0.464 e. The van der Waals surface area contributed by atoms with Crippen molar-refractivity contribution in [2.45, 2.75) is 0 Å². The number of carbonyl (C=O) groups excluding carboxylic acids is 1. The van der Waals surface area contributed by atoms with E-state index in [0.29, 0.717) is 5.70 Å². The second kappa shape index (κ2) is 6.64. The van der Waals surface area contributed by atoms with Crippen LogP contribution in [0.25, 0.3) is 15.8 Å². The lowest BCUT2D eigenvalue weighted by Crippen LogP contribution is -2.25. The number of esters is 1. The number of nitrogens with two attached hydrogens (primary N) is 1. The Morgan fingerprint density at radius 2 is 2.14 bits per heavy atom. The first kappa shape index (κ1) is 16.1. The summed E-state index contributed by atoms with van der Waals surface area (Å²) in [5.41, 5.74) is 6.53. The van der Waals surface area contributed by atoms with Crippen molar-refractivity contribution in [2.24, 2.45) is 5.73 Å². The van der Waals surface area contributed by atoms with Gasteiger partial charge in [-0.15, -0.1) is 11.3 Å². The number of benzene rings is 1. The summed E-state index contributed by atoms with van der Waals surface area (Å²) in [4.78, 5) is 11.8. The molecule has 7 heteroatoms. The summed E-state index contributed by atoms with van der Waals surface area (Å²) in [6, 6.07) is 7.83. The maximum Gasteiger partial charge on any atom is 0.356 e. The zero-order valence-corrected chi connectivity index (χ0v) is 13.3. The van der Waals surface area contributed by atoms with Crippen molar-refractivity contribution in [2.75, 3.05) is 7.11 Å². The number of hydrogen-bond acceptors (Lipinski definition) is 5. The highest BCUT2D eigenvalue weighted by molar-refractivity contribution is 7.17. The normalized spacial score (nSPS) is 11.7. The van der Waals surface area contributed by atoms with E-state index >= 15 is 0 Å². The molecule has 5 nitrogen and oxygen atoms in total. The molecule has 2 rings (SSSR count). The number of halogens is 1. The molecule has 114 valence electrons. The predicted octanol–water partition coefficient (Wildman–Crippen LogP) is 3.02. The summed E-state index contributed by atoms with van der Waals surface area (Å²) in [6.07, 6.45) is 0. The summed E-state index contributed by atoms with van der Waals surface area (Å²) in [5, 5.41) is 12.9. The van der Waals surface area contributed by atoms with Crippen LogP contribution in [-0.4, -0.2) is 18.9 Å². The molecule has 0 aliphatic carbocycles. The van der Waals surface area contributed by atoms with Gasteiger partial charge in [0.05, 0.1) is 7.11 Å². The minimum Gasteiger partial charge on any atom is -0.464 e. The van der Waals surface area contributed by atoms with Gasteiger partial charge in [0.25, 0.3) is 0 Å². The first-order valence-corrected chi connectivity index (χ1v) is 7.46. The number of thiophene rings is 1. The fourth-order valence-corrected chi connectivity index (χ4v) is 2.96. The number of rotatable bonds is 5. The molecule has 0 radical (unpaired) electrons. The van der Waals surface area contributed by atoms with Crippen molar-refractivity contribution in [3.63, 3.8) is 0 Å². The fraction of sp³-hybridized carbons (Fsp3) is 0.0667. The van der Waals surface area contributed by atoms with E-state index in [0.717, 1.165) is 15.6 Å². The highest BCUT2D eigenvalue weighted by Gasteiger charge is 2.19. The van der Waals surface area contributed by atoms with Gasteiger partial charge in [0.1, 0.15) is 16.6 Å². The van der Waals surface area contributed by atoms with Crippen LogP contribution in [0.15, 0.2) is 47.0 Å². The summed E-state index contributed by atoms with van der Waals surface area (Å²) < 4.78 is 5.75. The van der Waals surface area contributed by atoms with Crippen LogP contribution in [-0.2, 0) is 9.53 Å². The Bertz CT molecular complexity index is 795. The zero-order valence-electron chi connectivity index (χ0n) is 11.8. The van der Waals surface area contributed by atoms with Gasteiger partial charge in [-0.05, 0) is 6.07 Å². The van der Waals surface area contributed by atoms with Gasteiger partial charge in [-0.1, -0.05) is 36.4 Å².